The fraction of sp³-hybridized carbons (Fsp3) is 0.333. The van der Waals surface area contributed by atoms with Crippen molar-refractivity contribution in [3.8, 4) is 0 Å². The maximum absolute atomic E-state index is 11.6. The minimum absolute atomic E-state index is 0.120. The molecule has 1 aromatic rings. The zero-order valence-electron chi connectivity index (χ0n) is 9.27. The summed E-state index contributed by atoms with van der Waals surface area (Å²) < 4.78 is 5.14. The van der Waals surface area contributed by atoms with E-state index in [0.717, 1.165) is 6.42 Å². The van der Waals surface area contributed by atoms with Gasteiger partial charge < -0.3 is 4.74 Å². The molecule has 0 bridgehead atoms. The molecule has 0 saturated heterocycles. The van der Waals surface area contributed by atoms with Crippen LogP contribution >= 0.6 is 0 Å². The molecule has 0 aromatic heterocycles. The molecule has 0 aliphatic carbocycles. The van der Waals surface area contributed by atoms with Crippen molar-refractivity contribution in [2.75, 3.05) is 0 Å². The van der Waals surface area contributed by atoms with Crippen LogP contribution in [0.1, 0.15) is 30.6 Å². The lowest BCUT2D eigenvalue weighted by Gasteiger charge is -2.10. The van der Waals surface area contributed by atoms with E-state index in [1.807, 2.05) is 13.8 Å². The molecule has 0 fully saturated rings. The van der Waals surface area contributed by atoms with Crippen LogP contribution in [-0.4, -0.2) is 18.2 Å². The van der Waals surface area contributed by atoms with E-state index in [0.29, 0.717) is 11.3 Å². The Labute approximate surface area is 94.0 Å². The molecule has 0 amide bonds. The minimum atomic E-state index is -0.405. The number of nitrogens with zero attached hydrogens (tertiary/aromatic N) is 1. The Morgan fingerprint density at radius 3 is 2.94 bits per heavy atom. The van der Waals surface area contributed by atoms with Crippen molar-refractivity contribution in [3.63, 3.8) is 0 Å². The molecule has 1 atom stereocenters. The number of rotatable bonds is 4. The maximum atomic E-state index is 11.6. The third-order valence-electron chi connectivity index (χ3n) is 2.14. The highest BCUT2D eigenvalue weighted by atomic mass is 16.5. The number of aliphatic imine (C=N–C) groups is 1. The first-order chi connectivity index (χ1) is 7.67. The topological polar surface area (TPSA) is 55.7 Å². The molecule has 1 aromatic carbocycles. The summed E-state index contributed by atoms with van der Waals surface area (Å²) in [6, 6.07) is 6.37. The molecule has 0 aliphatic heterocycles. The number of esters is 1. The van der Waals surface area contributed by atoms with Gasteiger partial charge in [-0.15, -0.1) is 0 Å². The number of ether oxygens (including phenoxy) is 1. The summed E-state index contributed by atoms with van der Waals surface area (Å²) in [5, 5.41) is 0. The standard InChI is InChI=1S/C12H13NO3/c1-3-9(2)16-12(15)10-5-4-6-11(7-10)13-8-14/h4-7,9H,3H2,1-2H3/t9-/m0/s1. The van der Waals surface area contributed by atoms with E-state index in [1.165, 1.54) is 12.1 Å². The Bertz CT molecular complexity index is 422. The Morgan fingerprint density at radius 2 is 2.31 bits per heavy atom. The lowest BCUT2D eigenvalue weighted by atomic mass is 10.2. The van der Waals surface area contributed by atoms with E-state index in [4.69, 9.17) is 4.74 Å². The summed E-state index contributed by atoms with van der Waals surface area (Å²) in [6.07, 6.45) is 2.07. The highest BCUT2D eigenvalue weighted by molar-refractivity contribution is 5.90. The van der Waals surface area contributed by atoms with Gasteiger partial charge >= 0.3 is 5.97 Å². The van der Waals surface area contributed by atoms with Crippen molar-refractivity contribution in [1.29, 1.82) is 0 Å². The van der Waals surface area contributed by atoms with Crippen molar-refractivity contribution in [3.05, 3.63) is 29.8 Å². The van der Waals surface area contributed by atoms with E-state index in [-0.39, 0.29) is 6.10 Å². The van der Waals surface area contributed by atoms with Crippen molar-refractivity contribution in [1.82, 2.24) is 0 Å². The first-order valence-electron chi connectivity index (χ1n) is 5.06. The van der Waals surface area contributed by atoms with Gasteiger partial charge in [0.1, 0.15) is 0 Å². The van der Waals surface area contributed by atoms with Gasteiger partial charge in [-0.05, 0) is 31.5 Å². The van der Waals surface area contributed by atoms with Gasteiger partial charge in [0.05, 0.1) is 17.4 Å². The van der Waals surface area contributed by atoms with E-state index in [2.05, 4.69) is 4.99 Å². The second-order valence-electron chi connectivity index (χ2n) is 3.38. The van der Waals surface area contributed by atoms with Crippen LogP contribution in [0.2, 0.25) is 0 Å². The van der Waals surface area contributed by atoms with Crippen molar-refractivity contribution in [2.24, 2.45) is 4.99 Å². The Kier molecular flexibility index (Phi) is 4.42. The van der Waals surface area contributed by atoms with Crippen LogP contribution in [0.3, 0.4) is 0 Å². The molecule has 16 heavy (non-hydrogen) atoms. The predicted octanol–water partition coefficient (Wildman–Crippen LogP) is 2.61. The second kappa shape index (κ2) is 5.83. The quantitative estimate of drug-likeness (QED) is 0.444. The van der Waals surface area contributed by atoms with Gasteiger partial charge in [-0.3, -0.25) is 0 Å². The monoisotopic (exact) mass is 219 g/mol. The van der Waals surface area contributed by atoms with Crippen LogP contribution in [0.25, 0.3) is 0 Å². The van der Waals surface area contributed by atoms with E-state index < -0.39 is 5.97 Å². The van der Waals surface area contributed by atoms with Crippen LogP contribution in [0, 0.1) is 0 Å². The summed E-state index contributed by atoms with van der Waals surface area (Å²) in [5.74, 6) is -0.405. The van der Waals surface area contributed by atoms with Crippen LogP contribution in [0.5, 0.6) is 0 Å². The molecule has 0 unspecified atom stereocenters. The van der Waals surface area contributed by atoms with Crippen molar-refractivity contribution in [2.45, 2.75) is 26.4 Å². The Balaban J connectivity index is 2.83. The van der Waals surface area contributed by atoms with E-state index in [1.54, 1.807) is 18.2 Å². The molecular formula is C12H13NO3. The van der Waals surface area contributed by atoms with Gasteiger partial charge in [0.2, 0.25) is 6.08 Å². The van der Waals surface area contributed by atoms with Crippen LogP contribution in [-0.2, 0) is 9.53 Å². The summed E-state index contributed by atoms with van der Waals surface area (Å²) in [5.41, 5.74) is 0.783. The van der Waals surface area contributed by atoms with E-state index in [9.17, 15) is 9.59 Å². The second-order valence-corrected chi connectivity index (χ2v) is 3.38. The van der Waals surface area contributed by atoms with Crippen LogP contribution in [0.4, 0.5) is 5.69 Å². The molecule has 0 saturated carbocycles. The van der Waals surface area contributed by atoms with Gasteiger partial charge in [0.15, 0.2) is 0 Å². The van der Waals surface area contributed by atoms with Crippen LogP contribution < -0.4 is 0 Å². The predicted molar refractivity (Wildman–Crippen MR) is 59.4 cm³/mol. The Morgan fingerprint density at radius 1 is 1.56 bits per heavy atom. The first kappa shape index (κ1) is 12.1. The number of isocyanates is 1. The fourth-order valence-electron chi connectivity index (χ4n) is 1.09. The first-order valence-corrected chi connectivity index (χ1v) is 5.06. The highest BCUT2D eigenvalue weighted by Gasteiger charge is 2.10. The molecule has 0 radical (unpaired) electrons. The zero-order chi connectivity index (χ0) is 12.0. The summed E-state index contributed by atoms with van der Waals surface area (Å²) >= 11 is 0. The van der Waals surface area contributed by atoms with Gasteiger partial charge in [-0.2, -0.15) is 4.99 Å². The van der Waals surface area contributed by atoms with Gasteiger partial charge in [-0.25, -0.2) is 9.59 Å². The van der Waals surface area contributed by atoms with Gasteiger partial charge in [0, 0.05) is 0 Å². The average Bonchev–Trinajstić information content (AvgIpc) is 2.29. The average molecular weight is 219 g/mol. The number of carbonyl (C=O) groups is 1. The van der Waals surface area contributed by atoms with Gasteiger partial charge in [-0.1, -0.05) is 13.0 Å². The molecule has 0 N–H and O–H groups in total. The number of hydrogen-bond donors (Lipinski definition) is 0. The molecule has 1 rings (SSSR count). The summed E-state index contributed by atoms with van der Waals surface area (Å²) in [7, 11) is 0. The van der Waals surface area contributed by atoms with Gasteiger partial charge in [0.25, 0.3) is 0 Å². The van der Waals surface area contributed by atoms with E-state index >= 15 is 0 Å². The zero-order valence-corrected chi connectivity index (χ0v) is 9.27. The minimum Gasteiger partial charge on any atom is -0.459 e. The molecule has 0 heterocycles. The largest absolute Gasteiger partial charge is 0.459 e. The number of carbonyl (C=O) groups excluding carboxylic acids is 2. The summed E-state index contributed by atoms with van der Waals surface area (Å²) in [4.78, 5) is 25.1. The normalized spacial score (nSPS) is 11.4. The smallest absolute Gasteiger partial charge is 0.338 e. The van der Waals surface area contributed by atoms with Crippen molar-refractivity contribution >= 4 is 17.7 Å². The molecular weight excluding hydrogens is 206 g/mol. The third-order valence-corrected chi connectivity index (χ3v) is 2.14. The number of hydrogen-bond acceptors (Lipinski definition) is 4. The fourth-order valence-corrected chi connectivity index (χ4v) is 1.09. The third kappa shape index (κ3) is 3.33. The Hall–Kier alpha value is -1.93. The molecule has 84 valence electrons. The summed E-state index contributed by atoms with van der Waals surface area (Å²) in [6.45, 7) is 3.76. The highest BCUT2D eigenvalue weighted by Crippen LogP contribution is 2.15. The molecule has 4 nitrogen and oxygen atoms in total. The maximum Gasteiger partial charge on any atom is 0.338 e. The SMILES string of the molecule is CC[C@H](C)OC(=O)c1cccc(N=C=O)c1. The lowest BCUT2D eigenvalue weighted by molar-refractivity contribution is 0.0334. The molecule has 0 spiro atoms. The lowest BCUT2D eigenvalue weighted by Crippen LogP contribution is -2.13. The van der Waals surface area contributed by atoms with Crippen molar-refractivity contribution < 1.29 is 14.3 Å². The van der Waals surface area contributed by atoms with Crippen LogP contribution in [0.15, 0.2) is 29.3 Å². The number of benzene rings is 1. The molecule has 4 heteroatoms. The molecule has 0 aliphatic rings.